The van der Waals surface area contributed by atoms with Gasteiger partial charge in [-0.15, -0.1) is 17.5 Å². The number of nitrogens with one attached hydrogen (secondary N) is 1. The van der Waals surface area contributed by atoms with E-state index in [9.17, 15) is 0 Å². The Balaban J connectivity index is 0.00000306. The number of rotatable bonds is 11. The second-order valence-electron chi connectivity index (χ2n) is 6.96. The molecule has 1 heterocycles. The minimum absolute atomic E-state index is 0. The minimum Gasteiger partial charge on any atom is -0.493 e. The third-order valence-electron chi connectivity index (χ3n) is 4.77. The molecule has 33 heavy (non-hydrogen) atoms. The monoisotopic (exact) mass is 483 g/mol. The molecule has 0 saturated heterocycles. The van der Waals surface area contributed by atoms with Crippen LogP contribution in [0.2, 0.25) is 0 Å². The fourth-order valence-electron chi connectivity index (χ4n) is 3.19. The van der Waals surface area contributed by atoms with Gasteiger partial charge in [-0.3, -0.25) is 0 Å². The van der Waals surface area contributed by atoms with E-state index in [-0.39, 0.29) is 12.4 Å². The highest BCUT2D eigenvalue weighted by molar-refractivity contribution is 7.99. The number of ether oxygens (including phenoxy) is 2. The molecule has 3 aromatic carbocycles. The number of thioether (sulfide) groups is 1. The van der Waals surface area contributed by atoms with E-state index in [1.807, 2.05) is 72.8 Å². The van der Waals surface area contributed by atoms with Gasteiger partial charge in [-0.1, -0.05) is 72.4 Å². The Morgan fingerprint density at radius 2 is 1.70 bits per heavy atom. The van der Waals surface area contributed by atoms with E-state index in [0.29, 0.717) is 13.2 Å². The summed E-state index contributed by atoms with van der Waals surface area (Å²) in [4.78, 5) is 0. The van der Waals surface area contributed by atoms with Crippen molar-refractivity contribution in [3.63, 3.8) is 0 Å². The fraction of sp³-hybridized carbons (Fsp3) is 0.208. The number of hydrogen-bond donors (Lipinski definition) is 1. The number of aromatic nitrogens is 4. The SMILES string of the molecule is COc1cccc(CNCCSc2nnnn2-c2ccccc2)c1OCc1ccccc1.Cl. The number of tetrazole rings is 1. The largest absolute Gasteiger partial charge is 0.493 e. The second kappa shape index (κ2) is 12.8. The topological polar surface area (TPSA) is 74.1 Å². The molecule has 0 unspecified atom stereocenters. The van der Waals surface area contributed by atoms with Gasteiger partial charge < -0.3 is 14.8 Å². The quantitative estimate of drug-likeness (QED) is 0.248. The van der Waals surface area contributed by atoms with Crippen LogP contribution in [0.1, 0.15) is 11.1 Å². The number of methoxy groups -OCH3 is 1. The Morgan fingerprint density at radius 3 is 2.45 bits per heavy atom. The molecule has 4 aromatic rings. The van der Waals surface area contributed by atoms with Crippen molar-refractivity contribution in [3.8, 4) is 17.2 Å². The first-order chi connectivity index (χ1) is 15.8. The third kappa shape index (κ3) is 6.71. The summed E-state index contributed by atoms with van der Waals surface area (Å²) in [6, 6.07) is 26.0. The molecular weight excluding hydrogens is 458 g/mol. The molecule has 0 spiro atoms. The molecule has 4 rings (SSSR count). The van der Waals surface area contributed by atoms with Crippen molar-refractivity contribution in [1.29, 1.82) is 0 Å². The highest BCUT2D eigenvalue weighted by Gasteiger charge is 2.12. The van der Waals surface area contributed by atoms with Crippen LogP contribution in [0.25, 0.3) is 5.69 Å². The molecule has 0 aliphatic heterocycles. The van der Waals surface area contributed by atoms with Gasteiger partial charge in [0.05, 0.1) is 12.8 Å². The normalized spacial score (nSPS) is 10.5. The lowest BCUT2D eigenvalue weighted by Crippen LogP contribution is -2.17. The van der Waals surface area contributed by atoms with E-state index < -0.39 is 0 Å². The number of nitrogens with zero attached hydrogens (tertiary/aromatic N) is 4. The van der Waals surface area contributed by atoms with E-state index >= 15 is 0 Å². The summed E-state index contributed by atoms with van der Waals surface area (Å²) < 4.78 is 13.4. The Labute approximate surface area is 203 Å². The molecular formula is C24H26ClN5O2S. The van der Waals surface area contributed by atoms with Gasteiger partial charge in [0.25, 0.3) is 0 Å². The second-order valence-corrected chi connectivity index (χ2v) is 8.02. The Hall–Kier alpha value is -3.07. The van der Waals surface area contributed by atoms with E-state index in [1.165, 1.54) is 0 Å². The summed E-state index contributed by atoms with van der Waals surface area (Å²) in [5.41, 5.74) is 3.12. The summed E-state index contributed by atoms with van der Waals surface area (Å²) in [5.74, 6) is 2.33. The van der Waals surface area contributed by atoms with Crippen molar-refractivity contribution in [2.45, 2.75) is 18.3 Å². The van der Waals surface area contributed by atoms with Gasteiger partial charge in [-0.2, -0.15) is 4.68 Å². The molecule has 0 bridgehead atoms. The molecule has 0 fully saturated rings. The van der Waals surface area contributed by atoms with E-state index in [4.69, 9.17) is 9.47 Å². The lowest BCUT2D eigenvalue weighted by atomic mass is 10.1. The number of benzene rings is 3. The van der Waals surface area contributed by atoms with Crippen molar-refractivity contribution in [1.82, 2.24) is 25.5 Å². The molecule has 0 radical (unpaired) electrons. The molecule has 7 nitrogen and oxygen atoms in total. The molecule has 9 heteroatoms. The Kier molecular flexibility index (Phi) is 9.56. The molecule has 0 saturated carbocycles. The summed E-state index contributed by atoms with van der Waals surface area (Å²) in [5, 5.41) is 16.3. The van der Waals surface area contributed by atoms with Crippen LogP contribution in [0.4, 0.5) is 0 Å². The minimum atomic E-state index is 0. The van der Waals surface area contributed by atoms with Crippen molar-refractivity contribution in [2.75, 3.05) is 19.4 Å². The zero-order valence-electron chi connectivity index (χ0n) is 18.3. The van der Waals surface area contributed by atoms with Gasteiger partial charge in [-0.25, -0.2) is 0 Å². The van der Waals surface area contributed by atoms with Crippen LogP contribution in [0.3, 0.4) is 0 Å². The Morgan fingerprint density at radius 1 is 0.939 bits per heavy atom. The predicted molar refractivity (Wildman–Crippen MR) is 133 cm³/mol. The van der Waals surface area contributed by atoms with Crippen molar-refractivity contribution >= 4 is 24.2 Å². The zero-order chi connectivity index (χ0) is 22.0. The van der Waals surface area contributed by atoms with Crippen molar-refractivity contribution in [3.05, 3.63) is 90.0 Å². The third-order valence-corrected chi connectivity index (χ3v) is 5.69. The van der Waals surface area contributed by atoms with Crippen LogP contribution < -0.4 is 14.8 Å². The summed E-state index contributed by atoms with van der Waals surface area (Å²) >= 11 is 1.61. The molecule has 0 aliphatic carbocycles. The van der Waals surface area contributed by atoms with Gasteiger partial charge in [0.2, 0.25) is 5.16 Å². The summed E-state index contributed by atoms with van der Waals surface area (Å²) in [6.45, 7) is 1.96. The van der Waals surface area contributed by atoms with Crippen LogP contribution in [0.5, 0.6) is 11.5 Å². The van der Waals surface area contributed by atoms with Crippen molar-refractivity contribution < 1.29 is 9.47 Å². The van der Waals surface area contributed by atoms with E-state index in [0.717, 1.165) is 45.8 Å². The zero-order valence-corrected chi connectivity index (χ0v) is 19.9. The molecule has 172 valence electrons. The maximum Gasteiger partial charge on any atom is 0.214 e. The van der Waals surface area contributed by atoms with Crippen LogP contribution >= 0.6 is 24.2 Å². The van der Waals surface area contributed by atoms with Gasteiger partial charge >= 0.3 is 0 Å². The van der Waals surface area contributed by atoms with Gasteiger partial charge in [0, 0.05) is 24.4 Å². The molecule has 0 aliphatic rings. The standard InChI is InChI=1S/C24H25N5O2S.ClH/c1-30-22-14-8-11-20(23(22)31-18-19-9-4-2-5-10-19)17-25-15-16-32-24-26-27-28-29(24)21-12-6-3-7-13-21;/h2-14,25H,15-18H2,1H3;1H. The lowest BCUT2D eigenvalue weighted by Gasteiger charge is -2.15. The fourth-order valence-corrected chi connectivity index (χ4v) is 3.98. The molecule has 1 aromatic heterocycles. The van der Waals surface area contributed by atoms with Crippen LogP contribution in [0, 0.1) is 0 Å². The number of para-hydroxylation sites is 2. The summed E-state index contributed by atoms with van der Waals surface area (Å²) in [7, 11) is 1.66. The van der Waals surface area contributed by atoms with Gasteiger partial charge in [0.1, 0.15) is 6.61 Å². The highest BCUT2D eigenvalue weighted by atomic mass is 35.5. The van der Waals surface area contributed by atoms with E-state index in [1.54, 1.807) is 23.6 Å². The molecule has 0 amide bonds. The lowest BCUT2D eigenvalue weighted by molar-refractivity contribution is 0.280. The smallest absolute Gasteiger partial charge is 0.214 e. The molecule has 1 N–H and O–H groups in total. The van der Waals surface area contributed by atoms with E-state index in [2.05, 4.69) is 26.9 Å². The maximum absolute atomic E-state index is 6.13. The van der Waals surface area contributed by atoms with Crippen LogP contribution in [-0.4, -0.2) is 39.6 Å². The predicted octanol–water partition coefficient (Wildman–Crippen LogP) is 4.55. The summed E-state index contributed by atoms with van der Waals surface area (Å²) in [6.07, 6.45) is 0. The number of hydrogen-bond acceptors (Lipinski definition) is 7. The van der Waals surface area contributed by atoms with Gasteiger partial charge in [0.15, 0.2) is 11.5 Å². The van der Waals surface area contributed by atoms with Crippen molar-refractivity contribution in [2.24, 2.45) is 0 Å². The average Bonchev–Trinajstić information content (AvgIpc) is 3.32. The first-order valence-electron chi connectivity index (χ1n) is 10.3. The highest BCUT2D eigenvalue weighted by Crippen LogP contribution is 2.31. The van der Waals surface area contributed by atoms with Crippen LogP contribution in [0.15, 0.2) is 84.0 Å². The first-order valence-corrected chi connectivity index (χ1v) is 11.3. The maximum atomic E-state index is 6.13. The Bertz CT molecular complexity index is 1110. The van der Waals surface area contributed by atoms with Crippen LogP contribution in [-0.2, 0) is 13.2 Å². The molecule has 0 atom stereocenters. The average molecular weight is 484 g/mol. The van der Waals surface area contributed by atoms with Gasteiger partial charge in [-0.05, 0) is 34.2 Å². The number of halogens is 1. The first kappa shape index (κ1) is 24.6.